The van der Waals surface area contributed by atoms with Crippen molar-refractivity contribution in [2.45, 2.75) is 62.2 Å². The van der Waals surface area contributed by atoms with Crippen molar-refractivity contribution in [3.05, 3.63) is 59.7 Å². The zero-order valence-electron chi connectivity index (χ0n) is 15.0. The van der Waals surface area contributed by atoms with Crippen LogP contribution in [0.3, 0.4) is 0 Å². The molecule has 3 heteroatoms. The summed E-state index contributed by atoms with van der Waals surface area (Å²) in [5.74, 6) is 0. The Hall–Kier alpha value is -1.83. The number of hydrogen-bond acceptors (Lipinski definition) is 3. The van der Waals surface area contributed by atoms with Gasteiger partial charge in [0.05, 0.1) is 0 Å². The van der Waals surface area contributed by atoms with E-state index in [4.69, 9.17) is 9.59 Å². The molecular formula is C21H26O2S. The van der Waals surface area contributed by atoms with E-state index in [1.54, 1.807) is 0 Å². The first-order chi connectivity index (χ1) is 11.5. The van der Waals surface area contributed by atoms with Crippen molar-refractivity contribution in [1.29, 1.82) is 0 Å². The lowest BCUT2D eigenvalue weighted by molar-refractivity contribution is -0.191. The molecule has 0 spiro atoms. The van der Waals surface area contributed by atoms with E-state index in [2.05, 4.69) is 76.2 Å². The van der Waals surface area contributed by atoms with Crippen LogP contribution in [0.25, 0.3) is 0 Å². The minimum Gasteiger partial charge on any atom is -0.186 e. The van der Waals surface area contributed by atoms with Crippen LogP contribution in [0.1, 0.15) is 51.7 Å². The lowest BCUT2D eigenvalue weighted by Crippen LogP contribution is -2.14. The highest BCUT2D eigenvalue weighted by Gasteiger charge is 2.17. The van der Waals surface area contributed by atoms with Crippen LogP contribution in [0, 0.1) is 0 Å². The van der Waals surface area contributed by atoms with Crippen LogP contribution in [0.2, 0.25) is 0 Å². The zero-order chi connectivity index (χ0) is 18.0. The van der Waals surface area contributed by atoms with Crippen LogP contribution in [0.4, 0.5) is 0 Å². The number of aryl methyl sites for hydroxylation is 1. The van der Waals surface area contributed by atoms with Gasteiger partial charge in [0.15, 0.2) is 0 Å². The lowest BCUT2D eigenvalue weighted by Gasteiger charge is -2.23. The van der Waals surface area contributed by atoms with Gasteiger partial charge in [0.25, 0.3) is 0 Å². The summed E-state index contributed by atoms with van der Waals surface area (Å²) in [7, 11) is 0. The second-order valence-electron chi connectivity index (χ2n) is 6.34. The first kappa shape index (κ1) is 20.2. The fourth-order valence-corrected chi connectivity index (χ4v) is 3.14. The molecule has 128 valence electrons. The second kappa shape index (κ2) is 10.1. The third-order valence-electron chi connectivity index (χ3n) is 4.22. The molecule has 0 aliphatic rings. The Labute approximate surface area is 149 Å². The minimum absolute atomic E-state index is 0.250. The Morgan fingerprint density at radius 3 is 1.75 bits per heavy atom. The molecule has 0 bridgehead atoms. The van der Waals surface area contributed by atoms with Crippen molar-refractivity contribution in [3.8, 4) is 0 Å². The van der Waals surface area contributed by atoms with Gasteiger partial charge in [-0.25, -0.2) is 0 Å². The summed E-state index contributed by atoms with van der Waals surface area (Å²) in [6.07, 6.45) is 3.80. The van der Waals surface area contributed by atoms with E-state index in [0.717, 1.165) is 0 Å². The Balaban J connectivity index is 0.000000891. The van der Waals surface area contributed by atoms with E-state index in [-0.39, 0.29) is 11.6 Å². The highest BCUT2D eigenvalue weighted by atomic mass is 32.2. The molecule has 24 heavy (non-hydrogen) atoms. The molecule has 0 N–H and O–H groups in total. The first-order valence-corrected chi connectivity index (χ1v) is 9.15. The van der Waals surface area contributed by atoms with Gasteiger partial charge in [-0.1, -0.05) is 70.1 Å². The number of benzene rings is 2. The zero-order valence-corrected chi connectivity index (χ0v) is 15.8. The van der Waals surface area contributed by atoms with Crippen molar-refractivity contribution in [3.63, 3.8) is 0 Å². The molecule has 0 heterocycles. The highest BCUT2D eigenvalue weighted by molar-refractivity contribution is 7.99. The Morgan fingerprint density at radius 1 is 0.875 bits per heavy atom. The quantitative estimate of drug-likeness (QED) is 0.656. The van der Waals surface area contributed by atoms with Crippen LogP contribution >= 0.6 is 11.8 Å². The molecule has 0 saturated carbocycles. The standard InChI is InChI=1S/C20H26S.CO2/c1-5-7-16-8-12-18(13-9-16)21-19-14-10-17(11-15-19)20(3,4)6-2;2-1-3/h8-15H,5-7H2,1-4H3;. The first-order valence-electron chi connectivity index (χ1n) is 8.33. The summed E-state index contributed by atoms with van der Waals surface area (Å²) < 4.78 is 0. The summed E-state index contributed by atoms with van der Waals surface area (Å²) in [5, 5.41) is 0. The van der Waals surface area contributed by atoms with Crippen molar-refractivity contribution in [2.75, 3.05) is 0 Å². The largest absolute Gasteiger partial charge is 0.373 e. The van der Waals surface area contributed by atoms with Crippen LogP contribution < -0.4 is 0 Å². The lowest BCUT2D eigenvalue weighted by atomic mass is 9.82. The van der Waals surface area contributed by atoms with Crippen LogP contribution in [-0.2, 0) is 21.4 Å². The summed E-state index contributed by atoms with van der Waals surface area (Å²) >= 11 is 1.84. The molecule has 0 aromatic heterocycles. The Kier molecular flexibility index (Phi) is 8.53. The molecule has 0 unspecified atom stereocenters. The Bertz CT molecular complexity index is 637. The molecular weight excluding hydrogens is 316 g/mol. The van der Waals surface area contributed by atoms with Gasteiger partial charge in [0, 0.05) is 9.79 Å². The van der Waals surface area contributed by atoms with Crippen molar-refractivity contribution >= 4 is 17.9 Å². The van der Waals surface area contributed by atoms with Gasteiger partial charge in [-0.15, -0.1) is 0 Å². The average Bonchev–Trinajstić information content (AvgIpc) is 2.58. The predicted octanol–water partition coefficient (Wildman–Crippen LogP) is 5.89. The maximum atomic E-state index is 8.12. The summed E-state index contributed by atoms with van der Waals surface area (Å²) in [5.41, 5.74) is 3.12. The van der Waals surface area contributed by atoms with E-state index >= 15 is 0 Å². The molecule has 0 radical (unpaired) electrons. The Morgan fingerprint density at radius 2 is 1.33 bits per heavy atom. The summed E-state index contributed by atoms with van der Waals surface area (Å²) in [4.78, 5) is 18.9. The van der Waals surface area contributed by atoms with E-state index in [9.17, 15) is 0 Å². The van der Waals surface area contributed by atoms with Crippen molar-refractivity contribution in [2.24, 2.45) is 0 Å². The van der Waals surface area contributed by atoms with Crippen LogP contribution in [0.15, 0.2) is 58.3 Å². The maximum Gasteiger partial charge on any atom is 0.373 e. The number of hydrogen-bond donors (Lipinski definition) is 0. The molecule has 0 amide bonds. The fraction of sp³-hybridized carbons (Fsp3) is 0.381. The fourth-order valence-electron chi connectivity index (χ4n) is 2.33. The second-order valence-corrected chi connectivity index (χ2v) is 7.49. The molecule has 2 aromatic rings. The molecule has 0 saturated heterocycles. The topological polar surface area (TPSA) is 34.1 Å². The summed E-state index contributed by atoms with van der Waals surface area (Å²) in [6.45, 7) is 9.09. The van der Waals surface area contributed by atoms with Gasteiger partial charge in [0.2, 0.25) is 0 Å². The van der Waals surface area contributed by atoms with Gasteiger partial charge >= 0.3 is 6.15 Å². The molecule has 0 fully saturated rings. The van der Waals surface area contributed by atoms with Gasteiger partial charge in [0.1, 0.15) is 0 Å². The number of rotatable bonds is 6. The van der Waals surface area contributed by atoms with Crippen molar-refractivity contribution in [1.82, 2.24) is 0 Å². The smallest absolute Gasteiger partial charge is 0.186 e. The average molecular weight is 343 g/mol. The predicted molar refractivity (Wildman–Crippen MR) is 99.3 cm³/mol. The normalized spacial score (nSPS) is 10.5. The molecule has 0 aliphatic heterocycles. The van der Waals surface area contributed by atoms with E-state index in [1.165, 1.54) is 40.2 Å². The van der Waals surface area contributed by atoms with Crippen LogP contribution in [0.5, 0.6) is 0 Å². The SMILES string of the molecule is CCCc1ccc(Sc2ccc(C(C)(C)CC)cc2)cc1.O=C=O. The van der Waals surface area contributed by atoms with E-state index < -0.39 is 0 Å². The van der Waals surface area contributed by atoms with Gasteiger partial charge < -0.3 is 0 Å². The summed E-state index contributed by atoms with van der Waals surface area (Å²) in [6, 6.07) is 18.0. The minimum atomic E-state index is 0.250. The van der Waals surface area contributed by atoms with Crippen molar-refractivity contribution < 1.29 is 9.59 Å². The molecule has 2 rings (SSSR count). The monoisotopic (exact) mass is 342 g/mol. The van der Waals surface area contributed by atoms with E-state index in [0.29, 0.717) is 0 Å². The molecule has 0 aliphatic carbocycles. The van der Waals surface area contributed by atoms with Gasteiger partial charge in [-0.3, -0.25) is 0 Å². The highest BCUT2D eigenvalue weighted by Crippen LogP contribution is 2.31. The molecule has 0 atom stereocenters. The molecule has 2 aromatic carbocycles. The number of carbonyl (C=O) groups excluding carboxylic acids is 2. The third kappa shape index (κ3) is 6.35. The van der Waals surface area contributed by atoms with Gasteiger partial charge in [-0.2, -0.15) is 9.59 Å². The van der Waals surface area contributed by atoms with Crippen LogP contribution in [-0.4, -0.2) is 6.15 Å². The van der Waals surface area contributed by atoms with E-state index in [1.807, 2.05) is 11.8 Å². The van der Waals surface area contributed by atoms with Gasteiger partial charge in [-0.05, 0) is 53.6 Å². The molecule has 2 nitrogen and oxygen atoms in total. The maximum absolute atomic E-state index is 8.12. The third-order valence-corrected chi connectivity index (χ3v) is 5.23.